The summed E-state index contributed by atoms with van der Waals surface area (Å²) in [6.45, 7) is 2.07. The van der Waals surface area contributed by atoms with Crippen molar-refractivity contribution in [3.05, 3.63) is 88.9 Å². The second-order valence-corrected chi connectivity index (χ2v) is 6.11. The van der Waals surface area contributed by atoms with Crippen LogP contribution in [0.15, 0.2) is 72.8 Å². The van der Waals surface area contributed by atoms with Crippen molar-refractivity contribution in [1.29, 1.82) is 0 Å². The van der Waals surface area contributed by atoms with Gasteiger partial charge in [-0.05, 0) is 55.5 Å². The van der Waals surface area contributed by atoms with Crippen LogP contribution in [0.3, 0.4) is 0 Å². The molecule has 0 bridgehead atoms. The molecule has 0 amide bonds. The summed E-state index contributed by atoms with van der Waals surface area (Å²) < 4.78 is 5.21. The number of ether oxygens (including phenoxy) is 1. The average Bonchev–Trinajstić information content (AvgIpc) is 2.64. The molecule has 0 unspecified atom stereocenters. The fourth-order valence-electron chi connectivity index (χ4n) is 2.43. The number of hydrogen-bond donors (Lipinski definition) is 2. The SMILES string of the molecule is COc1ccc(NC(=[NH+]c2ccc(C)cc2)c2ccccc2Cl)cc1. The van der Waals surface area contributed by atoms with Crippen molar-refractivity contribution in [3.8, 4) is 5.75 Å². The van der Waals surface area contributed by atoms with E-state index in [9.17, 15) is 0 Å². The van der Waals surface area contributed by atoms with Gasteiger partial charge in [0.2, 0.25) is 0 Å². The van der Waals surface area contributed by atoms with Crippen LogP contribution in [0.25, 0.3) is 0 Å². The van der Waals surface area contributed by atoms with Crippen molar-refractivity contribution in [3.63, 3.8) is 0 Å². The maximum absolute atomic E-state index is 6.40. The van der Waals surface area contributed by atoms with E-state index in [0.29, 0.717) is 5.02 Å². The van der Waals surface area contributed by atoms with Gasteiger partial charge < -0.3 is 4.74 Å². The van der Waals surface area contributed by atoms with Crippen LogP contribution in [0.1, 0.15) is 11.1 Å². The highest BCUT2D eigenvalue weighted by Crippen LogP contribution is 2.18. The molecule has 0 radical (unpaired) electrons. The Bertz CT molecular complexity index is 871. The maximum Gasteiger partial charge on any atom is 0.286 e. The second kappa shape index (κ2) is 7.86. The summed E-state index contributed by atoms with van der Waals surface area (Å²) in [5.41, 5.74) is 4.05. The Morgan fingerprint density at radius 2 is 1.60 bits per heavy atom. The Labute approximate surface area is 153 Å². The summed E-state index contributed by atoms with van der Waals surface area (Å²) in [6, 6.07) is 23.7. The zero-order chi connectivity index (χ0) is 17.6. The number of anilines is 1. The van der Waals surface area contributed by atoms with E-state index in [1.807, 2.05) is 60.7 Å². The molecule has 4 heteroatoms. The lowest BCUT2D eigenvalue weighted by molar-refractivity contribution is -0.352. The summed E-state index contributed by atoms with van der Waals surface area (Å²) >= 11 is 6.40. The topological polar surface area (TPSA) is 35.2 Å². The van der Waals surface area contributed by atoms with Gasteiger partial charge in [0.15, 0.2) is 0 Å². The van der Waals surface area contributed by atoms with Gasteiger partial charge in [-0.2, -0.15) is 0 Å². The van der Waals surface area contributed by atoms with E-state index in [1.54, 1.807) is 7.11 Å². The quantitative estimate of drug-likeness (QED) is 0.552. The number of rotatable bonds is 4. The fraction of sp³-hybridized carbons (Fsp3) is 0.0952. The standard InChI is InChI=1S/C21H19ClN2O/c1-15-7-9-16(10-8-15)23-21(19-5-3-4-6-20(19)22)24-17-11-13-18(25-2)14-12-17/h3-14H,1-2H3,(H,23,24)/p+1. The number of aryl methyl sites for hydroxylation is 1. The molecule has 0 heterocycles. The van der Waals surface area contributed by atoms with E-state index in [1.165, 1.54) is 5.56 Å². The zero-order valence-electron chi connectivity index (χ0n) is 14.2. The molecule has 0 aliphatic heterocycles. The molecule has 0 aromatic heterocycles. The Kier molecular flexibility index (Phi) is 5.36. The Balaban J connectivity index is 1.99. The monoisotopic (exact) mass is 351 g/mol. The van der Waals surface area contributed by atoms with Gasteiger partial charge in [-0.25, -0.2) is 10.3 Å². The maximum atomic E-state index is 6.40. The molecule has 0 aliphatic rings. The van der Waals surface area contributed by atoms with E-state index >= 15 is 0 Å². The minimum absolute atomic E-state index is 0.679. The van der Waals surface area contributed by atoms with Crippen LogP contribution in [-0.2, 0) is 0 Å². The smallest absolute Gasteiger partial charge is 0.286 e. The molecular formula is C21H20ClN2O+. The van der Waals surface area contributed by atoms with Crippen molar-refractivity contribution in [2.45, 2.75) is 6.92 Å². The highest BCUT2D eigenvalue weighted by Gasteiger charge is 2.15. The van der Waals surface area contributed by atoms with E-state index in [2.05, 4.69) is 29.4 Å². The molecule has 3 aromatic rings. The highest BCUT2D eigenvalue weighted by molar-refractivity contribution is 6.34. The molecule has 25 heavy (non-hydrogen) atoms. The fourth-order valence-corrected chi connectivity index (χ4v) is 2.66. The van der Waals surface area contributed by atoms with Gasteiger partial charge in [-0.1, -0.05) is 41.4 Å². The van der Waals surface area contributed by atoms with Gasteiger partial charge in [0.25, 0.3) is 5.84 Å². The van der Waals surface area contributed by atoms with E-state index in [-0.39, 0.29) is 0 Å². The van der Waals surface area contributed by atoms with Crippen LogP contribution in [0, 0.1) is 6.92 Å². The molecule has 3 rings (SSSR count). The highest BCUT2D eigenvalue weighted by atomic mass is 35.5. The molecule has 126 valence electrons. The summed E-state index contributed by atoms with van der Waals surface area (Å²) in [5, 5.41) is 4.09. The minimum atomic E-state index is 0.679. The third kappa shape index (κ3) is 4.40. The first kappa shape index (κ1) is 17.1. The first-order valence-corrected chi connectivity index (χ1v) is 8.40. The van der Waals surface area contributed by atoms with Crippen molar-refractivity contribution in [2.24, 2.45) is 0 Å². The van der Waals surface area contributed by atoms with E-state index in [4.69, 9.17) is 16.3 Å². The molecular weight excluding hydrogens is 332 g/mol. The molecule has 0 aliphatic carbocycles. The van der Waals surface area contributed by atoms with Gasteiger partial charge in [-0.3, -0.25) is 0 Å². The molecule has 3 aromatic carbocycles. The summed E-state index contributed by atoms with van der Waals surface area (Å²) in [4.78, 5) is 3.43. The summed E-state index contributed by atoms with van der Waals surface area (Å²) in [6.07, 6.45) is 0. The van der Waals surface area contributed by atoms with Crippen LogP contribution >= 0.6 is 11.6 Å². The summed E-state index contributed by atoms with van der Waals surface area (Å²) in [5.74, 6) is 1.64. The van der Waals surface area contributed by atoms with Crippen LogP contribution < -0.4 is 15.0 Å². The Hall–Kier alpha value is -2.78. The van der Waals surface area contributed by atoms with Crippen molar-refractivity contribution in [2.75, 3.05) is 12.4 Å². The lowest BCUT2D eigenvalue weighted by atomic mass is 10.2. The predicted molar refractivity (Wildman–Crippen MR) is 104 cm³/mol. The lowest BCUT2D eigenvalue weighted by Gasteiger charge is -2.07. The number of benzene rings is 3. The molecule has 0 saturated carbocycles. The van der Waals surface area contributed by atoms with Gasteiger partial charge >= 0.3 is 0 Å². The second-order valence-electron chi connectivity index (χ2n) is 5.70. The molecule has 2 N–H and O–H groups in total. The minimum Gasteiger partial charge on any atom is -0.497 e. The molecule has 3 nitrogen and oxygen atoms in total. The van der Waals surface area contributed by atoms with Crippen LogP contribution in [0.4, 0.5) is 11.4 Å². The Morgan fingerprint density at radius 3 is 2.24 bits per heavy atom. The van der Waals surface area contributed by atoms with Crippen LogP contribution in [0.2, 0.25) is 5.02 Å². The molecule has 0 spiro atoms. The van der Waals surface area contributed by atoms with Crippen LogP contribution in [-0.4, -0.2) is 12.9 Å². The number of hydrogen-bond acceptors (Lipinski definition) is 1. The van der Waals surface area contributed by atoms with Crippen molar-refractivity contribution < 1.29 is 9.73 Å². The summed E-state index contributed by atoms with van der Waals surface area (Å²) in [7, 11) is 1.66. The Morgan fingerprint density at radius 1 is 0.920 bits per heavy atom. The third-order valence-corrected chi connectivity index (χ3v) is 4.15. The first-order chi connectivity index (χ1) is 12.2. The number of methoxy groups -OCH3 is 1. The van der Waals surface area contributed by atoms with Crippen molar-refractivity contribution in [1.82, 2.24) is 0 Å². The van der Waals surface area contributed by atoms with Crippen molar-refractivity contribution >= 4 is 28.8 Å². The third-order valence-electron chi connectivity index (χ3n) is 3.82. The normalized spacial score (nSPS) is 11.2. The van der Waals surface area contributed by atoms with Gasteiger partial charge in [0.1, 0.15) is 17.1 Å². The number of amidine groups is 1. The van der Waals surface area contributed by atoms with Gasteiger partial charge in [0.05, 0.1) is 17.7 Å². The van der Waals surface area contributed by atoms with Gasteiger partial charge in [-0.15, -0.1) is 0 Å². The number of nitrogens with one attached hydrogen (secondary N) is 2. The predicted octanol–water partition coefficient (Wildman–Crippen LogP) is 3.93. The largest absolute Gasteiger partial charge is 0.497 e. The van der Waals surface area contributed by atoms with Crippen LogP contribution in [0.5, 0.6) is 5.75 Å². The first-order valence-electron chi connectivity index (χ1n) is 8.02. The molecule has 0 saturated heterocycles. The lowest BCUT2D eigenvalue weighted by Crippen LogP contribution is -2.68. The zero-order valence-corrected chi connectivity index (χ0v) is 15.0. The van der Waals surface area contributed by atoms with Gasteiger partial charge in [0, 0.05) is 0 Å². The van der Waals surface area contributed by atoms with E-state index < -0.39 is 0 Å². The average molecular weight is 352 g/mol. The molecule has 0 atom stereocenters. The van der Waals surface area contributed by atoms with E-state index in [0.717, 1.165) is 28.5 Å². The number of halogens is 1. The molecule has 0 fully saturated rings.